The minimum Gasteiger partial charge on any atom is -0.496 e. The van der Waals surface area contributed by atoms with Gasteiger partial charge >= 0.3 is 5.97 Å². The van der Waals surface area contributed by atoms with Crippen molar-refractivity contribution in [2.45, 2.75) is 19.8 Å². The second kappa shape index (κ2) is 5.53. The van der Waals surface area contributed by atoms with Crippen molar-refractivity contribution in [3.63, 3.8) is 0 Å². The quantitative estimate of drug-likeness (QED) is 0.907. The number of ether oxygens (including phenoxy) is 1. The van der Waals surface area contributed by atoms with Gasteiger partial charge in [-0.05, 0) is 19.4 Å². The average Bonchev–Trinajstić information content (AvgIpc) is 2.83. The van der Waals surface area contributed by atoms with Gasteiger partial charge in [0.1, 0.15) is 5.75 Å². The van der Waals surface area contributed by atoms with E-state index in [0.717, 1.165) is 5.56 Å². The molecular weight excluding hydrogens is 258 g/mol. The summed E-state index contributed by atoms with van der Waals surface area (Å²) in [6.07, 6.45) is 0.736. The van der Waals surface area contributed by atoms with Crippen molar-refractivity contribution >= 4 is 11.9 Å². The topological polar surface area (TPSA) is 66.8 Å². The predicted molar refractivity (Wildman–Crippen MR) is 73.6 cm³/mol. The van der Waals surface area contributed by atoms with Gasteiger partial charge in [-0.2, -0.15) is 0 Å². The number of hydrogen-bond donors (Lipinski definition) is 1. The Morgan fingerprint density at radius 3 is 2.70 bits per heavy atom. The summed E-state index contributed by atoms with van der Waals surface area (Å²) in [7, 11) is 1.57. The smallest absolute Gasteiger partial charge is 0.311 e. The molecule has 0 aliphatic carbocycles. The van der Waals surface area contributed by atoms with Gasteiger partial charge in [0.15, 0.2) is 0 Å². The van der Waals surface area contributed by atoms with Crippen LogP contribution in [0.1, 0.15) is 18.9 Å². The Labute approximate surface area is 118 Å². The molecule has 1 atom stereocenters. The van der Waals surface area contributed by atoms with Crippen molar-refractivity contribution in [2.75, 3.05) is 20.2 Å². The van der Waals surface area contributed by atoms with E-state index in [2.05, 4.69) is 0 Å². The number of amides is 1. The first-order valence-corrected chi connectivity index (χ1v) is 6.59. The fraction of sp³-hybridized carbons (Fsp3) is 0.467. The van der Waals surface area contributed by atoms with Gasteiger partial charge in [-0.15, -0.1) is 0 Å². The standard InChI is InChI=1S/C15H19NO4/c1-15(14(18)19)7-8-16(10-15)13(17)9-11-5-3-4-6-12(11)20-2/h3-6H,7-10H2,1-2H3,(H,18,19)/t15-/m0/s1. The number of para-hydroxylation sites is 1. The number of hydrogen-bond acceptors (Lipinski definition) is 3. The first-order chi connectivity index (χ1) is 9.46. The molecule has 0 bridgehead atoms. The molecule has 108 valence electrons. The van der Waals surface area contributed by atoms with Gasteiger partial charge in [0.25, 0.3) is 0 Å². The zero-order chi connectivity index (χ0) is 14.8. The van der Waals surface area contributed by atoms with Crippen molar-refractivity contribution in [3.05, 3.63) is 29.8 Å². The second-order valence-electron chi connectivity index (χ2n) is 5.42. The maximum atomic E-state index is 12.3. The molecule has 0 radical (unpaired) electrons. The molecule has 1 aliphatic heterocycles. The number of carbonyl (C=O) groups excluding carboxylic acids is 1. The lowest BCUT2D eigenvalue weighted by atomic mass is 9.90. The number of aliphatic carboxylic acids is 1. The SMILES string of the molecule is COc1ccccc1CC(=O)N1CC[C@](C)(C(=O)O)C1. The van der Waals surface area contributed by atoms with E-state index in [9.17, 15) is 14.7 Å². The van der Waals surface area contributed by atoms with E-state index in [4.69, 9.17) is 4.74 Å². The molecule has 1 amide bonds. The third-order valence-corrected chi connectivity index (χ3v) is 3.88. The van der Waals surface area contributed by atoms with Crippen molar-refractivity contribution in [2.24, 2.45) is 5.41 Å². The number of rotatable bonds is 4. The number of carboxylic acid groups (broad SMARTS) is 1. The summed E-state index contributed by atoms with van der Waals surface area (Å²) in [6, 6.07) is 7.37. The van der Waals surface area contributed by atoms with Gasteiger partial charge in [-0.1, -0.05) is 18.2 Å². The summed E-state index contributed by atoms with van der Waals surface area (Å²) in [6.45, 7) is 2.46. The van der Waals surface area contributed by atoms with Gasteiger partial charge in [-0.3, -0.25) is 9.59 Å². The van der Waals surface area contributed by atoms with Gasteiger partial charge < -0.3 is 14.7 Å². The molecule has 1 saturated heterocycles. The first kappa shape index (κ1) is 14.4. The van der Waals surface area contributed by atoms with E-state index < -0.39 is 11.4 Å². The number of likely N-dealkylation sites (tertiary alicyclic amines) is 1. The monoisotopic (exact) mass is 277 g/mol. The third kappa shape index (κ3) is 2.76. The molecule has 5 heteroatoms. The lowest BCUT2D eigenvalue weighted by Gasteiger charge is -2.20. The van der Waals surface area contributed by atoms with E-state index in [0.29, 0.717) is 18.7 Å². The normalized spacial score (nSPS) is 21.8. The molecule has 0 spiro atoms. The average molecular weight is 277 g/mol. The van der Waals surface area contributed by atoms with Crippen LogP contribution in [0.15, 0.2) is 24.3 Å². The van der Waals surface area contributed by atoms with Crippen LogP contribution in [0.4, 0.5) is 0 Å². The zero-order valence-corrected chi connectivity index (χ0v) is 11.8. The number of carbonyl (C=O) groups is 2. The molecule has 0 saturated carbocycles. The van der Waals surface area contributed by atoms with Crippen LogP contribution >= 0.6 is 0 Å². The Hall–Kier alpha value is -2.04. The molecule has 2 rings (SSSR count). The van der Waals surface area contributed by atoms with Crippen LogP contribution in [0.3, 0.4) is 0 Å². The first-order valence-electron chi connectivity index (χ1n) is 6.59. The number of methoxy groups -OCH3 is 1. The maximum absolute atomic E-state index is 12.3. The third-order valence-electron chi connectivity index (χ3n) is 3.88. The fourth-order valence-electron chi connectivity index (χ4n) is 2.47. The second-order valence-corrected chi connectivity index (χ2v) is 5.42. The highest BCUT2D eigenvalue weighted by Crippen LogP contribution is 2.30. The van der Waals surface area contributed by atoms with Crippen LogP contribution in [0.2, 0.25) is 0 Å². The Bertz CT molecular complexity index is 528. The van der Waals surface area contributed by atoms with E-state index in [-0.39, 0.29) is 18.9 Å². The van der Waals surface area contributed by atoms with E-state index in [1.807, 2.05) is 24.3 Å². The highest BCUT2D eigenvalue weighted by Gasteiger charge is 2.41. The minimum absolute atomic E-state index is 0.0560. The summed E-state index contributed by atoms with van der Waals surface area (Å²) >= 11 is 0. The van der Waals surface area contributed by atoms with Gasteiger partial charge in [0, 0.05) is 18.7 Å². The molecule has 5 nitrogen and oxygen atoms in total. The summed E-state index contributed by atoms with van der Waals surface area (Å²) in [5.74, 6) is -0.217. The largest absolute Gasteiger partial charge is 0.496 e. The molecule has 0 aromatic heterocycles. The molecule has 1 fully saturated rings. The number of carboxylic acids is 1. The molecular formula is C15H19NO4. The van der Waals surface area contributed by atoms with Gasteiger partial charge in [-0.25, -0.2) is 0 Å². The van der Waals surface area contributed by atoms with Crippen LogP contribution < -0.4 is 4.74 Å². The lowest BCUT2D eigenvalue weighted by Crippen LogP contribution is -2.35. The Morgan fingerprint density at radius 1 is 1.40 bits per heavy atom. The summed E-state index contributed by atoms with van der Waals surface area (Å²) in [5.41, 5.74) is 0.0000996. The predicted octanol–water partition coefficient (Wildman–Crippen LogP) is 1.56. The zero-order valence-electron chi connectivity index (χ0n) is 11.8. The molecule has 1 aliphatic rings. The van der Waals surface area contributed by atoms with Crippen molar-refractivity contribution in [1.29, 1.82) is 0 Å². The summed E-state index contributed by atoms with van der Waals surface area (Å²) in [4.78, 5) is 25.1. The van der Waals surface area contributed by atoms with E-state index in [1.165, 1.54) is 0 Å². The van der Waals surface area contributed by atoms with E-state index >= 15 is 0 Å². The van der Waals surface area contributed by atoms with Crippen molar-refractivity contribution < 1.29 is 19.4 Å². The molecule has 1 aromatic carbocycles. The molecule has 1 aromatic rings. The molecule has 1 heterocycles. The van der Waals surface area contributed by atoms with Crippen LogP contribution in [-0.4, -0.2) is 42.1 Å². The van der Waals surface area contributed by atoms with Crippen LogP contribution in [0.5, 0.6) is 5.75 Å². The Balaban J connectivity index is 2.05. The van der Waals surface area contributed by atoms with E-state index in [1.54, 1.807) is 18.9 Å². The van der Waals surface area contributed by atoms with Crippen molar-refractivity contribution in [1.82, 2.24) is 4.90 Å². The highest BCUT2D eigenvalue weighted by atomic mass is 16.5. The highest BCUT2D eigenvalue weighted by molar-refractivity contribution is 5.82. The van der Waals surface area contributed by atoms with Crippen LogP contribution in [0.25, 0.3) is 0 Å². The summed E-state index contributed by atoms with van der Waals surface area (Å²) < 4.78 is 5.22. The number of benzene rings is 1. The van der Waals surface area contributed by atoms with Gasteiger partial charge in [0.2, 0.25) is 5.91 Å². The molecule has 1 N–H and O–H groups in total. The summed E-state index contributed by atoms with van der Waals surface area (Å²) in [5, 5.41) is 9.19. The Morgan fingerprint density at radius 2 is 2.10 bits per heavy atom. The Kier molecular flexibility index (Phi) is 3.97. The maximum Gasteiger partial charge on any atom is 0.311 e. The van der Waals surface area contributed by atoms with Crippen LogP contribution in [0, 0.1) is 5.41 Å². The lowest BCUT2D eigenvalue weighted by molar-refractivity contribution is -0.147. The minimum atomic E-state index is -0.843. The fourth-order valence-corrected chi connectivity index (χ4v) is 2.47. The number of nitrogens with zero attached hydrogens (tertiary/aromatic N) is 1. The molecule has 20 heavy (non-hydrogen) atoms. The van der Waals surface area contributed by atoms with Gasteiger partial charge in [0.05, 0.1) is 18.9 Å². The van der Waals surface area contributed by atoms with Crippen LogP contribution in [-0.2, 0) is 16.0 Å². The van der Waals surface area contributed by atoms with Crippen molar-refractivity contribution in [3.8, 4) is 5.75 Å². The molecule has 0 unspecified atom stereocenters.